The molecule has 0 heterocycles. The first-order chi connectivity index (χ1) is 15.7. The van der Waals surface area contributed by atoms with Crippen LogP contribution in [0.1, 0.15) is 133 Å². The molecule has 0 amide bonds. The summed E-state index contributed by atoms with van der Waals surface area (Å²) in [5, 5.41) is 0. The molecular weight excluding hydrogens is 398 g/mol. The van der Waals surface area contributed by atoms with Gasteiger partial charge >= 0.3 is 0 Å². The second kappa shape index (κ2) is 16.5. The van der Waals surface area contributed by atoms with Crippen LogP contribution in [0.25, 0.3) is 0 Å². The van der Waals surface area contributed by atoms with E-state index in [0.717, 1.165) is 5.92 Å². The SMILES string of the molecule is C=C1CCCC/C1=C/C=C1\CCC[C@]2(C)CCC[C@@]12N.CC.CC.CC(C)/C=C/CC(C)C. The quantitative estimate of drug-likeness (QED) is 0.417. The Bertz CT molecular complexity index is 633. The Morgan fingerprint density at radius 3 is 2.03 bits per heavy atom. The van der Waals surface area contributed by atoms with Gasteiger partial charge in [0.05, 0.1) is 0 Å². The highest BCUT2D eigenvalue weighted by molar-refractivity contribution is 5.38. The lowest BCUT2D eigenvalue weighted by Gasteiger charge is -2.47. The highest BCUT2D eigenvalue weighted by Crippen LogP contribution is 2.55. The Hall–Kier alpha value is -1.08. The van der Waals surface area contributed by atoms with Gasteiger partial charge in [0.1, 0.15) is 0 Å². The minimum Gasteiger partial charge on any atom is -0.321 e. The summed E-state index contributed by atoms with van der Waals surface area (Å²) >= 11 is 0. The maximum Gasteiger partial charge on any atom is 0.0426 e. The van der Waals surface area contributed by atoms with Crippen molar-refractivity contribution in [2.45, 2.75) is 138 Å². The first-order valence-corrected chi connectivity index (χ1v) is 14.2. The normalized spacial score (nSPS) is 29.3. The van der Waals surface area contributed by atoms with E-state index in [1.165, 1.54) is 87.3 Å². The lowest BCUT2D eigenvalue weighted by atomic mass is 9.62. The van der Waals surface area contributed by atoms with Crippen molar-refractivity contribution >= 4 is 0 Å². The van der Waals surface area contributed by atoms with Crippen molar-refractivity contribution in [3.63, 3.8) is 0 Å². The second-order valence-electron chi connectivity index (χ2n) is 10.7. The third kappa shape index (κ3) is 9.97. The molecule has 0 radical (unpaired) electrons. The van der Waals surface area contributed by atoms with Gasteiger partial charge in [-0.2, -0.15) is 0 Å². The molecule has 3 aliphatic carbocycles. The van der Waals surface area contributed by atoms with Gasteiger partial charge in [-0.3, -0.25) is 0 Å². The van der Waals surface area contributed by atoms with Gasteiger partial charge in [-0.1, -0.05) is 105 Å². The fourth-order valence-corrected chi connectivity index (χ4v) is 5.32. The summed E-state index contributed by atoms with van der Waals surface area (Å²) in [6, 6.07) is 0. The minimum absolute atomic E-state index is 0.0295. The van der Waals surface area contributed by atoms with Crippen LogP contribution in [0.15, 0.2) is 47.6 Å². The van der Waals surface area contributed by atoms with Gasteiger partial charge in [0.25, 0.3) is 0 Å². The van der Waals surface area contributed by atoms with Crippen molar-refractivity contribution in [2.24, 2.45) is 23.0 Å². The molecule has 3 saturated carbocycles. The first kappa shape index (κ1) is 31.9. The zero-order valence-electron chi connectivity index (χ0n) is 24.0. The molecule has 3 rings (SSSR count). The third-order valence-corrected chi connectivity index (χ3v) is 7.37. The molecule has 3 fully saturated rings. The van der Waals surface area contributed by atoms with Gasteiger partial charge in [0.15, 0.2) is 0 Å². The van der Waals surface area contributed by atoms with Crippen molar-refractivity contribution in [2.75, 3.05) is 0 Å². The van der Waals surface area contributed by atoms with Crippen LogP contribution in [-0.2, 0) is 0 Å². The van der Waals surface area contributed by atoms with Crippen molar-refractivity contribution < 1.29 is 0 Å². The van der Waals surface area contributed by atoms with E-state index in [-0.39, 0.29) is 5.54 Å². The summed E-state index contributed by atoms with van der Waals surface area (Å²) in [5.41, 5.74) is 11.5. The predicted octanol–water partition coefficient (Wildman–Crippen LogP) is 10.3. The molecule has 33 heavy (non-hydrogen) atoms. The summed E-state index contributed by atoms with van der Waals surface area (Å²) in [6.45, 7) is 23.5. The highest BCUT2D eigenvalue weighted by atomic mass is 14.8. The number of rotatable bonds is 4. The molecule has 2 N–H and O–H groups in total. The Labute approximate surface area is 209 Å². The van der Waals surface area contributed by atoms with E-state index in [4.69, 9.17) is 5.73 Å². The summed E-state index contributed by atoms with van der Waals surface area (Å²) in [5.74, 6) is 1.52. The standard InChI is InChI=1S/C19H29N.C9H18.2C2H6/c1-15-7-3-4-8-16(15)10-11-17-9-5-12-18(2)13-6-14-19(17,18)20;1-8(2)6-5-7-9(3)4;2*1-2/h10-11H,1,3-9,12-14,20H2,2H3;5-6,8-9H,7H2,1-4H3;2*1-2H3/b16-10-,17-11+;6-5+;;/t18-,19-;;;/m1.../s1. The molecule has 1 heteroatoms. The number of hydrogen-bond donors (Lipinski definition) is 1. The monoisotopic (exact) mass is 457 g/mol. The van der Waals surface area contributed by atoms with Crippen LogP contribution in [0.5, 0.6) is 0 Å². The van der Waals surface area contributed by atoms with Gasteiger partial charge in [-0.15, -0.1) is 0 Å². The van der Waals surface area contributed by atoms with E-state index in [1.807, 2.05) is 27.7 Å². The predicted molar refractivity (Wildman–Crippen MR) is 153 cm³/mol. The van der Waals surface area contributed by atoms with E-state index < -0.39 is 0 Å². The van der Waals surface area contributed by atoms with Gasteiger partial charge in [-0.05, 0) is 92.6 Å². The number of hydrogen-bond acceptors (Lipinski definition) is 1. The summed E-state index contributed by atoms with van der Waals surface area (Å²) in [6.07, 6.45) is 23.1. The molecule has 0 spiro atoms. The second-order valence-corrected chi connectivity index (χ2v) is 10.7. The molecule has 0 bridgehead atoms. The lowest BCUT2D eigenvalue weighted by Crippen LogP contribution is -2.53. The Kier molecular flexibility index (Phi) is 16.0. The van der Waals surface area contributed by atoms with Crippen LogP contribution in [0.2, 0.25) is 0 Å². The molecule has 2 atom stereocenters. The molecule has 1 nitrogen and oxygen atoms in total. The van der Waals surface area contributed by atoms with E-state index in [1.54, 1.807) is 0 Å². The van der Waals surface area contributed by atoms with Crippen molar-refractivity contribution in [1.82, 2.24) is 0 Å². The van der Waals surface area contributed by atoms with E-state index in [0.29, 0.717) is 11.3 Å². The number of fused-ring (bicyclic) bond motifs is 1. The highest BCUT2D eigenvalue weighted by Gasteiger charge is 2.52. The first-order valence-electron chi connectivity index (χ1n) is 14.2. The fraction of sp³-hybridized carbons (Fsp3) is 0.750. The van der Waals surface area contributed by atoms with Gasteiger partial charge in [0.2, 0.25) is 0 Å². The molecule has 0 aromatic carbocycles. The van der Waals surface area contributed by atoms with Crippen LogP contribution in [-0.4, -0.2) is 5.54 Å². The third-order valence-electron chi connectivity index (χ3n) is 7.37. The van der Waals surface area contributed by atoms with Gasteiger partial charge < -0.3 is 5.73 Å². The molecule has 192 valence electrons. The van der Waals surface area contributed by atoms with Crippen molar-refractivity contribution in [3.05, 3.63) is 47.6 Å². The maximum atomic E-state index is 6.87. The molecule has 0 aliphatic heterocycles. The van der Waals surface area contributed by atoms with Crippen LogP contribution >= 0.6 is 0 Å². The number of allylic oxidation sites excluding steroid dienone is 6. The molecule has 0 aromatic heterocycles. The summed E-state index contributed by atoms with van der Waals surface area (Å²) < 4.78 is 0. The Morgan fingerprint density at radius 1 is 0.848 bits per heavy atom. The zero-order valence-corrected chi connectivity index (χ0v) is 24.0. The fourth-order valence-electron chi connectivity index (χ4n) is 5.32. The van der Waals surface area contributed by atoms with E-state index in [9.17, 15) is 0 Å². The van der Waals surface area contributed by atoms with Crippen LogP contribution in [0.4, 0.5) is 0 Å². The average molecular weight is 458 g/mol. The summed E-state index contributed by atoms with van der Waals surface area (Å²) in [7, 11) is 0. The van der Waals surface area contributed by atoms with Crippen molar-refractivity contribution in [3.8, 4) is 0 Å². The minimum atomic E-state index is -0.0295. The maximum absolute atomic E-state index is 6.87. The summed E-state index contributed by atoms with van der Waals surface area (Å²) in [4.78, 5) is 0. The smallest absolute Gasteiger partial charge is 0.0426 e. The van der Waals surface area contributed by atoms with Crippen LogP contribution in [0, 0.1) is 17.3 Å². The van der Waals surface area contributed by atoms with Gasteiger partial charge in [-0.25, -0.2) is 0 Å². The molecule has 0 aromatic rings. The molecule has 0 saturated heterocycles. The molecular formula is C32H59N. The van der Waals surface area contributed by atoms with Crippen LogP contribution < -0.4 is 5.73 Å². The van der Waals surface area contributed by atoms with E-state index in [2.05, 4.69) is 65.5 Å². The molecule has 3 aliphatic rings. The van der Waals surface area contributed by atoms with Crippen molar-refractivity contribution in [1.29, 1.82) is 0 Å². The number of nitrogens with two attached hydrogens (primary N) is 1. The van der Waals surface area contributed by atoms with Crippen LogP contribution in [0.3, 0.4) is 0 Å². The Balaban J connectivity index is 0.000000669. The Morgan fingerprint density at radius 2 is 1.45 bits per heavy atom. The lowest BCUT2D eigenvalue weighted by molar-refractivity contribution is 0.165. The topological polar surface area (TPSA) is 26.0 Å². The zero-order chi connectivity index (χ0) is 25.5. The van der Waals surface area contributed by atoms with Gasteiger partial charge in [0, 0.05) is 5.54 Å². The van der Waals surface area contributed by atoms with E-state index >= 15 is 0 Å². The molecule has 0 unspecified atom stereocenters. The largest absolute Gasteiger partial charge is 0.321 e. The average Bonchev–Trinajstić information content (AvgIpc) is 3.11.